The minimum Gasteiger partial charge on any atom is -0.353 e. The Hall–Kier alpha value is -0.426. The minimum absolute atomic E-state index is 0.0926. The summed E-state index contributed by atoms with van der Waals surface area (Å²) in [5.74, 6) is 0.314. The van der Waals surface area contributed by atoms with Crippen LogP contribution in [0.5, 0.6) is 0 Å². The van der Waals surface area contributed by atoms with Crippen LogP contribution in [0.4, 0.5) is 0 Å². The van der Waals surface area contributed by atoms with Crippen molar-refractivity contribution in [3.63, 3.8) is 0 Å². The maximum absolute atomic E-state index is 11.5. The summed E-state index contributed by atoms with van der Waals surface area (Å²) in [5, 5.41) is 22.3. The number of amides is 2. The molecule has 183 valence electrons. The van der Waals surface area contributed by atoms with Gasteiger partial charge in [0.2, 0.25) is 5.91 Å². The molecule has 1 aliphatic carbocycles. The van der Waals surface area contributed by atoms with Crippen LogP contribution in [0.2, 0.25) is 0 Å². The molecule has 0 heterocycles. The van der Waals surface area contributed by atoms with Gasteiger partial charge in [-0.05, 0) is 37.5 Å². The van der Waals surface area contributed by atoms with E-state index in [2.05, 4.69) is 23.0 Å². The molecule has 1 unspecified atom stereocenters. The molecule has 0 aromatic carbocycles. The molecule has 0 bridgehead atoms. The van der Waals surface area contributed by atoms with E-state index >= 15 is 0 Å². The van der Waals surface area contributed by atoms with E-state index in [0.29, 0.717) is 24.3 Å². The Labute approximate surface area is 204 Å². The number of carbonyl (C=O) groups excluding carboxylic acids is 2. The SMILES string of the molecule is CC(C)[O-].CC(C)[O-].CCC(=O)[NH][Ti+2].CCCC1(CCC)CCCC(NC(=O)CC)C1. The molecule has 0 saturated heterocycles. The van der Waals surface area contributed by atoms with Crippen LogP contribution in [0.3, 0.4) is 0 Å². The van der Waals surface area contributed by atoms with Crippen LogP contribution in [0.1, 0.15) is 120 Å². The molecular weight excluding hydrogens is 428 g/mol. The molecule has 2 amide bonds. The molecule has 0 spiro atoms. The van der Waals surface area contributed by atoms with Crippen LogP contribution < -0.4 is 19.3 Å². The standard InChI is InChI=1S/C15H29NO.C3H7NO.2C3H7O.Ti/c1-4-9-15(10-5-2)11-7-8-13(12-15)16-14(17)6-3;1-2-3(4)5;2*1-3(2)4;/h13H,4-12H2,1-3H3,(H,16,17);2H2,1H3,(H2,4,5);2*3H,1-2H3;/q;;2*-1;+3/p-1. The van der Waals surface area contributed by atoms with Crippen molar-refractivity contribution in [2.24, 2.45) is 5.41 Å². The van der Waals surface area contributed by atoms with Crippen molar-refractivity contribution in [2.75, 3.05) is 0 Å². The predicted molar refractivity (Wildman–Crippen MR) is 122 cm³/mol. The molecule has 1 saturated carbocycles. The zero-order chi connectivity index (χ0) is 24.9. The molecule has 1 rings (SSSR count). The fourth-order valence-electron chi connectivity index (χ4n) is 3.63. The van der Waals surface area contributed by atoms with Crippen molar-refractivity contribution in [1.29, 1.82) is 0 Å². The fourth-order valence-corrected chi connectivity index (χ4v) is 3.91. The fraction of sp³-hybridized carbons (Fsp3) is 0.917. The Kier molecular flexibility index (Phi) is 25.8. The topological polar surface area (TPSA) is 104 Å². The molecule has 7 heteroatoms. The maximum Gasteiger partial charge on any atom is 0.219 e. The summed E-state index contributed by atoms with van der Waals surface area (Å²) in [5.41, 5.74) is 0.521. The summed E-state index contributed by atoms with van der Waals surface area (Å²) in [6.07, 6.45) is 10.6. The number of nitrogens with one attached hydrogen (secondary N) is 2. The average Bonchev–Trinajstić information content (AvgIpc) is 2.67. The normalized spacial score (nSPS) is 16.6. The predicted octanol–water partition coefficient (Wildman–Crippen LogP) is 3.53. The summed E-state index contributed by atoms with van der Waals surface area (Å²) >= 11 is 1.63. The number of carbonyl (C=O) groups is 2. The van der Waals surface area contributed by atoms with Crippen molar-refractivity contribution in [1.82, 2.24) is 9.12 Å². The van der Waals surface area contributed by atoms with Crippen molar-refractivity contribution < 1.29 is 40.5 Å². The second-order valence-corrected chi connectivity index (χ2v) is 9.10. The van der Waals surface area contributed by atoms with Gasteiger partial charge in [-0.15, -0.1) is 12.2 Å². The summed E-state index contributed by atoms with van der Waals surface area (Å²) in [6.45, 7) is 14.8. The molecule has 0 radical (unpaired) electrons. The van der Waals surface area contributed by atoms with Gasteiger partial charge >= 0.3 is 48.5 Å². The van der Waals surface area contributed by atoms with Crippen molar-refractivity contribution in [2.45, 2.75) is 138 Å². The monoisotopic (exact) mass is 477 g/mol. The number of hydrogen-bond acceptors (Lipinski definition) is 4. The van der Waals surface area contributed by atoms with Gasteiger partial charge in [0.15, 0.2) is 0 Å². The third kappa shape index (κ3) is 25.7. The molecule has 1 aliphatic rings. The van der Waals surface area contributed by atoms with Crippen molar-refractivity contribution >= 4 is 11.8 Å². The van der Waals surface area contributed by atoms with Crippen LogP contribution in [-0.4, -0.2) is 30.1 Å². The first-order valence-electron chi connectivity index (χ1n) is 12.0. The summed E-state index contributed by atoms with van der Waals surface area (Å²) in [7, 11) is 0. The van der Waals surface area contributed by atoms with Gasteiger partial charge in [-0.1, -0.05) is 67.7 Å². The van der Waals surface area contributed by atoms with Crippen LogP contribution in [-0.2, 0) is 30.3 Å². The largest absolute Gasteiger partial charge is 0.353 e. The van der Waals surface area contributed by atoms with Crippen LogP contribution in [0.15, 0.2) is 0 Å². The second kappa shape index (κ2) is 22.8. The molecule has 2 N–H and O–H groups in total. The third-order valence-electron chi connectivity index (χ3n) is 4.65. The second-order valence-electron chi connectivity index (χ2n) is 8.71. The maximum atomic E-state index is 11.5. The van der Waals surface area contributed by atoms with E-state index in [1.54, 1.807) is 48.4 Å². The van der Waals surface area contributed by atoms with Gasteiger partial charge in [-0.2, -0.15) is 0 Å². The van der Waals surface area contributed by atoms with Gasteiger partial charge in [-0.3, -0.25) is 4.79 Å². The minimum atomic E-state index is -0.417. The van der Waals surface area contributed by atoms with E-state index in [4.69, 9.17) is 0 Å². The van der Waals surface area contributed by atoms with E-state index in [-0.39, 0.29) is 11.8 Å². The van der Waals surface area contributed by atoms with Gasteiger partial charge < -0.3 is 15.5 Å². The Bertz CT molecular complexity index is 403. The number of rotatable bonds is 7. The summed E-state index contributed by atoms with van der Waals surface area (Å²) < 4.78 is 2.48. The van der Waals surface area contributed by atoms with Crippen LogP contribution in [0.25, 0.3) is 0 Å². The summed E-state index contributed by atoms with van der Waals surface area (Å²) in [4.78, 5) is 21.6. The molecule has 0 aliphatic heterocycles. The van der Waals surface area contributed by atoms with E-state index in [0.717, 1.165) is 0 Å². The molecular formula is C24H49N2O4Ti. The average molecular weight is 478 g/mol. The van der Waals surface area contributed by atoms with Gasteiger partial charge in [0.05, 0.1) is 0 Å². The van der Waals surface area contributed by atoms with E-state index in [1.165, 1.54) is 51.4 Å². The quantitative estimate of drug-likeness (QED) is 0.548. The first kappa shape index (κ1) is 35.2. The molecule has 31 heavy (non-hydrogen) atoms. The Morgan fingerprint density at radius 1 is 0.935 bits per heavy atom. The van der Waals surface area contributed by atoms with Crippen LogP contribution in [0, 0.1) is 5.41 Å². The van der Waals surface area contributed by atoms with E-state index in [9.17, 15) is 19.8 Å². The van der Waals surface area contributed by atoms with E-state index < -0.39 is 12.2 Å². The van der Waals surface area contributed by atoms with Gasteiger partial charge in [0.25, 0.3) is 0 Å². The zero-order valence-corrected chi connectivity index (χ0v) is 23.0. The summed E-state index contributed by atoms with van der Waals surface area (Å²) in [6, 6.07) is 0.439. The van der Waals surface area contributed by atoms with Gasteiger partial charge in [0.1, 0.15) is 0 Å². The smallest absolute Gasteiger partial charge is 0.219 e. The van der Waals surface area contributed by atoms with Crippen LogP contribution >= 0.6 is 0 Å². The number of hydrogen-bond donors (Lipinski definition) is 2. The van der Waals surface area contributed by atoms with Crippen molar-refractivity contribution in [3.8, 4) is 0 Å². The molecule has 1 atom stereocenters. The first-order valence-corrected chi connectivity index (χ1v) is 12.8. The van der Waals surface area contributed by atoms with E-state index in [1.807, 2.05) is 13.8 Å². The molecule has 6 nitrogen and oxygen atoms in total. The van der Waals surface area contributed by atoms with Crippen molar-refractivity contribution in [3.05, 3.63) is 0 Å². The van der Waals surface area contributed by atoms with Gasteiger partial charge in [0, 0.05) is 12.5 Å². The molecule has 1 fully saturated rings. The Morgan fingerprint density at radius 2 is 1.35 bits per heavy atom. The Morgan fingerprint density at radius 3 is 1.65 bits per heavy atom. The van der Waals surface area contributed by atoms with Gasteiger partial charge in [-0.25, -0.2) is 0 Å². The molecule has 0 aromatic heterocycles. The zero-order valence-electron chi connectivity index (χ0n) is 21.4. The Balaban J connectivity index is -0.000000458. The first-order chi connectivity index (χ1) is 14.4. The third-order valence-corrected chi connectivity index (χ3v) is 5.08. The molecule has 0 aromatic rings.